The number of nitrogens with zero attached hydrogens (tertiary/aromatic N) is 2. The normalized spacial score (nSPS) is 16.6. The second kappa shape index (κ2) is 7.70. The van der Waals surface area contributed by atoms with Crippen molar-refractivity contribution < 1.29 is 19.1 Å². The molecule has 4 rings (SSSR count). The van der Waals surface area contributed by atoms with Gasteiger partial charge in [0.05, 0.1) is 18.2 Å². The number of carbonyl (C=O) groups is 3. The largest absolute Gasteiger partial charge is 0.497 e. The number of fused-ring (bicyclic) bond motifs is 1. The molecule has 0 spiro atoms. The molecule has 1 saturated carbocycles. The molecule has 1 heterocycles. The van der Waals surface area contributed by atoms with Gasteiger partial charge in [-0.25, -0.2) is 0 Å². The van der Waals surface area contributed by atoms with Crippen molar-refractivity contribution in [2.24, 2.45) is 5.92 Å². The van der Waals surface area contributed by atoms with Crippen molar-refractivity contribution >= 4 is 17.7 Å². The van der Waals surface area contributed by atoms with Crippen molar-refractivity contribution in [2.45, 2.75) is 32.4 Å². The fourth-order valence-electron chi connectivity index (χ4n) is 3.83. The van der Waals surface area contributed by atoms with Crippen LogP contribution < -0.4 is 4.74 Å². The molecule has 0 bridgehead atoms. The number of rotatable bonds is 7. The molecule has 0 radical (unpaired) electrons. The van der Waals surface area contributed by atoms with Crippen LogP contribution in [0.15, 0.2) is 48.5 Å². The summed E-state index contributed by atoms with van der Waals surface area (Å²) in [5.41, 5.74) is 1.71. The lowest BCUT2D eigenvalue weighted by Gasteiger charge is -2.31. The molecule has 0 unspecified atom stereocenters. The zero-order valence-corrected chi connectivity index (χ0v) is 16.6. The number of hydrogen-bond acceptors (Lipinski definition) is 4. The van der Waals surface area contributed by atoms with Crippen molar-refractivity contribution in [3.05, 3.63) is 65.2 Å². The van der Waals surface area contributed by atoms with Gasteiger partial charge in [0.1, 0.15) is 12.3 Å². The van der Waals surface area contributed by atoms with Crippen LogP contribution in [-0.4, -0.2) is 47.2 Å². The van der Waals surface area contributed by atoms with Crippen molar-refractivity contribution in [3.8, 4) is 5.75 Å². The maximum Gasteiger partial charge on any atom is 0.262 e. The van der Waals surface area contributed by atoms with Crippen molar-refractivity contribution in [3.63, 3.8) is 0 Å². The van der Waals surface area contributed by atoms with Crippen LogP contribution in [0.3, 0.4) is 0 Å². The van der Waals surface area contributed by atoms with E-state index in [0.717, 1.165) is 29.1 Å². The first-order chi connectivity index (χ1) is 14.0. The smallest absolute Gasteiger partial charge is 0.262 e. The summed E-state index contributed by atoms with van der Waals surface area (Å²) in [6.45, 7) is 2.24. The maximum atomic E-state index is 13.2. The minimum Gasteiger partial charge on any atom is -0.497 e. The van der Waals surface area contributed by atoms with E-state index in [1.807, 2.05) is 31.2 Å². The quantitative estimate of drug-likeness (QED) is 0.679. The highest BCUT2D eigenvalue weighted by Gasteiger charge is 2.39. The fraction of sp³-hybridized carbons (Fsp3) is 0.348. The van der Waals surface area contributed by atoms with E-state index in [0.29, 0.717) is 23.6 Å². The molecule has 1 aliphatic heterocycles. The molecule has 150 valence electrons. The fourth-order valence-corrected chi connectivity index (χ4v) is 3.83. The second-order valence-electron chi connectivity index (χ2n) is 7.69. The number of imide groups is 1. The van der Waals surface area contributed by atoms with Crippen LogP contribution >= 0.6 is 0 Å². The third-order valence-corrected chi connectivity index (χ3v) is 5.80. The van der Waals surface area contributed by atoms with Gasteiger partial charge in [0.2, 0.25) is 5.91 Å². The summed E-state index contributed by atoms with van der Waals surface area (Å²) in [6, 6.07) is 14.3. The van der Waals surface area contributed by atoms with Crippen LogP contribution in [0.25, 0.3) is 0 Å². The molecular weight excluding hydrogens is 368 g/mol. The van der Waals surface area contributed by atoms with Crippen LogP contribution in [-0.2, 0) is 11.3 Å². The highest BCUT2D eigenvalue weighted by molar-refractivity contribution is 6.22. The Labute approximate surface area is 170 Å². The van der Waals surface area contributed by atoms with Crippen molar-refractivity contribution in [1.82, 2.24) is 9.80 Å². The van der Waals surface area contributed by atoms with Crippen LogP contribution in [0.5, 0.6) is 5.75 Å². The molecule has 0 N–H and O–H groups in total. The van der Waals surface area contributed by atoms with Crippen molar-refractivity contribution in [1.29, 1.82) is 0 Å². The minimum atomic E-state index is -0.401. The number of carbonyl (C=O) groups excluding carboxylic acids is 3. The first-order valence-electron chi connectivity index (χ1n) is 9.87. The topological polar surface area (TPSA) is 66.9 Å². The lowest BCUT2D eigenvalue weighted by atomic mass is 10.1. The van der Waals surface area contributed by atoms with E-state index in [1.54, 1.807) is 36.3 Å². The average Bonchev–Trinajstić information content (AvgIpc) is 3.57. The molecule has 6 nitrogen and oxygen atoms in total. The highest BCUT2D eigenvalue weighted by atomic mass is 16.5. The summed E-state index contributed by atoms with van der Waals surface area (Å²) in [7, 11) is 1.61. The Morgan fingerprint density at radius 1 is 1.07 bits per heavy atom. The van der Waals surface area contributed by atoms with Gasteiger partial charge < -0.3 is 9.64 Å². The lowest BCUT2D eigenvalue weighted by Crippen LogP contribution is -2.46. The van der Waals surface area contributed by atoms with Gasteiger partial charge in [0.15, 0.2) is 0 Å². The van der Waals surface area contributed by atoms with E-state index in [4.69, 9.17) is 4.74 Å². The first-order valence-corrected chi connectivity index (χ1v) is 9.87. The van der Waals surface area contributed by atoms with Crippen molar-refractivity contribution in [2.75, 3.05) is 13.7 Å². The molecule has 1 fully saturated rings. The summed E-state index contributed by atoms with van der Waals surface area (Å²) in [4.78, 5) is 41.3. The maximum absolute atomic E-state index is 13.2. The molecule has 6 heteroatoms. The third kappa shape index (κ3) is 3.75. The molecule has 0 saturated heterocycles. The summed E-state index contributed by atoms with van der Waals surface area (Å²) >= 11 is 0. The summed E-state index contributed by atoms with van der Waals surface area (Å²) < 4.78 is 5.20. The number of methoxy groups -OCH3 is 1. The van der Waals surface area contributed by atoms with Crippen LogP contribution in [0.1, 0.15) is 46.0 Å². The van der Waals surface area contributed by atoms with Crippen LogP contribution in [0.2, 0.25) is 0 Å². The second-order valence-corrected chi connectivity index (χ2v) is 7.69. The van der Waals surface area contributed by atoms with Gasteiger partial charge in [-0.1, -0.05) is 24.3 Å². The minimum absolute atomic E-state index is 0.0554. The molecule has 2 aromatic carbocycles. The van der Waals surface area contributed by atoms with E-state index in [-0.39, 0.29) is 18.5 Å². The number of benzene rings is 2. The molecule has 0 aromatic heterocycles. The van der Waals surface area contributed by atoms with E-state index in [9.17, 15) is 14.4 Å². The molecule has 2 aliphatic rings. The van der Waals surface area contributed by atoms with Gasteiger partial charge in [-0.05, 0) is 55.5 Å². The average molecular weight is 392 g/mol. The van der Waals surface area contributed by atoms with Gasteiger partial charge in [-0.15, -0.1) is 0 Å². The highest BCUT2D eigenvalue weighted by Crippen LogP contribution is 2.36. The Hall–Kier alpha value is -3.15. The molecule has 29 heavy (non-hydrogen) atoms. The predicted molar refractivity (Wildman–Crippen MR) is 108 cm³/mol. The van der Waals surface area contributed by atoms with Crippen LogP contribution in [0, 0.1) is 5.92 Å². The Morgan fingerprint density at radius 3 is 2.17 bits per heavy atom. The Morgan fingerprint density at radius 2 is 1.66 bits per heavy atom. The zero-order valence-electron chi connectivity index (χ0n) is 16.6. The lowest BCUT2D eigenvalue weighted by molar-refractivity contribution is -0.134. The summed E-state index contributed by atoms with van der Waals surface area (Å²) in [5.74, 6) is 0.215. The van der Waals surface area contributed by atoms with Gasteiger partial charge in [0, 0.05) is 12.6 Å². The summed E-state index contributed by atoms with van der Waals surface area (Å²) in [5, 5.41) is 0. The Bertz CT molecular complexity index is 915. The predicted octanol–water partition coefficient (Wildman–Crippen LogP) is 3.12. The Kier molecular flexibility index (Phi) is 5.09. The number of hydrogen-bond donors (Lipinski definition) is 0. The molecule has 1 aliphatic carbocycles. The Balaban J connectivity index is 1.52. The SMILES string of the molecule is COc1ccc(CN(C(=O)CN2C(=O)c3ccccc3C2=O)[C@H](C)C2CC2)cc1. The standard InChI is InChI=1S/C23H24N2O4/c1-15(17-9-10-17)24(13-16-7-11-18(29-2)12-8-16)21(26)14-25-22(27)19-5-3-4-6-20(19)23(25)28/h3-8,11-12,15,17H,9-10,13-14H2,1-2H3/t15-/m1/s1. The number of amides is 3. The van der Waals surface area contributed by atoms with E-state index >= 15 is 0 Å². The van der Waals surface area contributed by atoms with E-state index in [2.05, 4.69) is 0 Å². The van der Waals surface area contributed by atoms with Gasteiger partial charge in [-0.2, -0.15) is 0 Å². The van der Waals surface area contributed by atoms with E-state index in [1.165, 1.54) is 0 Å². The molecule has 2 aromatic rings. The third-order valence-electron chi connectivity index (χ3n) is 5.80. The van der Waals surface area contributed by atoms with E-state index < -0.39 is 11.8 Å². The van der Waals surface area contributed by atoms with Crippen LogP contribution in [0.4, 0.5) is 0 Å². The van der Waals surface area contributed by atoms with Gasteiger partial charge >= 0.3 is 0 Å². The van der Waals surface area contributed by atoms with Gasteiger partial charge in [0.25, 0.3) is 11.8 Å². The molecule has 3 amide bonds. The summed E-state index contributed by atoms with van der Waals surface area (Å²) in [6.07, 6.45) is 2.20. The first kappa shape index (κ1) is 19.2. The molecule has 1 atom stereocenters. The number of ether oxygens (including phenoxy) is 1. The molecular formula is C23H24N2O4. The monoisotopic (exact) mass is 392 g/mol. The van der Waals surface area contributed by atoms with Gasteiger partial charge in [-0.3, -0.25) is 19.3 Å². The zero-order chi connectivity index (χ0) is 20.5.